The Morgan fingerprint density at radius 2 is 1.86 bits per heavy atom. The lowest BCUT2D eigenvalue weighted by atomic mass is 9.91. The molecule has 0 unspecified atom stereocenters. The van der Waals surface area contributed by atoms with Gasteiger partial charge in [-0.1, -0.05) is 48.0 Å². The number of rotatable bonds is 5. The van der Waals surface area contributed by atoms with Gasteiger partial charge in [-0.3, -0.25) is 9.69 Å². The fourth-order valence-corrected chi connectivity index (χ4v) is 3.94. The molecule has 1 aliphatic heterocycles. The highest BCUT2D eigenvalue weighted by Crippen LogP contribution is 2.43. The SMILES string of the molecule is COCC(=O)N1c2ncnn2[C@H](c2ccccc2OC)C[C@H]1c1ccc(C)cc1. The van der Waals surface area contributed by atoms with Gasteiger partial charge in [0.25, 0.3) is 5.91 Å². The zero-order valence-electron chi connectivity index (χ0n) is 16.8. The van der Waals surface area contributed by atoms with Crippen molar-refractivity contribution in [3.8, 4) is 5.75 Å². The number of benzene rings is 2. The summed E-state index contributed by atoms with van der Waals surface area (Å²) < 4.78 is 12.5. The predicted molar refractivity (Wildman–Crippen MR) is 109 cm³/mol. The Bertz CT molecular complexity index is 999. The summed E-state index contributed by atoms with van der Waals surface area (Å²) in [5.74, 6) is 1.16. The van der Waals surface area contributed by atoms with E-state index in [0.29, 0.717) is 12.4 Å². The first-order valence-electron chi connectivity index (χ1n) is 9.54. The minimum absolute atomic E-state index is 0.0193. The predicted octanol–water partition coefficient (Wildman–Crippen LogP) is 3.31. The van der Waals surface area contributed by atoms with Gasteiger partial charge in [-0.15, -0.1) is 0 Å². The summed E-state index contributed by atoms with van der Waals surface area (Å²) in [5.41, 5.74) is 3.23. The van der Waals surface area contributed by atoms with E-state index in [1.54, 1.807) is 16.7 Å². The van der Waals surface area contributed by atoms with Crippen molar-refractivity contribution < 1.29 is 14.3 Å². The first-order chi connectivity index (χ1) is 14.1. The first kappa shape index (κ1) is 19.1. The van der Waals surface area contributed by atoms with Crippen molar-refractivity contribution >= 4 is 11.9 Å². The van der Waals surface area contributed by atoms with Crippen LogP contribution >= 0.6 is 0 Å². The molecule has 150 valence electrons. The summed E-state index contributed by atoms with van der Waals surface area (Å²) in [6, 6.07) is 15.9. The third kappa shape index (κ3) is 3.49. The first-order valence-corrected chi connectivity index (χ1v) is 9.54. The van der Waals surface area contributed by atoms with Crippen LogP contribution in [-0.2, 0) is 9.53 Å². The Kier molecular flexibility index (Phi) is 5.31. The highest BCUT2D eigenvalue weighted by Gasteiger charge is 2.40. The molecule has 2 atom stereocenters. The summed E-state index contributed by atoms with van der Waals surface area (Å²) in [7, 11) is 3.18. The molecular weight excluding hydrogens is 368 g/mol. The van der Waals surface area contributed by atoms with Crippen LogP contribution in [0.4, 0.5) is 5.95 Å². The molecule has 7 heteroatoms. The fourth-order valence-electron chi connectivity index (χ4n) is 3.94. The smallest absolute Gasteiger partial charge is 0.255 e. The van der Waals surface area contributed by atoms with E-state index < -0.39 is 0 Å². The number of nitrogens with zero attached hydrogens (tertiary/aromatic N) is 4. The van der Waals surface area contributed by atoms with Crippen molar-refractivity contribution in [1.29, 1.82) is 0 Å². The van der Waals surface area contributed by atoms with E-state index in [0.717, 1.165) is 16.9 Å². The van der Waals surface area contributed by atoms with Crippen LogP contribution in [0.2, 0.25) is 0 Å². The Morgan fingerprint density at radius 1 is 1.10 bits per heavy atom. The molecule has 1 aliphatic rings. The molecule has 2 aromatic carbocycles. The summed E-state index contributed by atoms with van der Waals surface area (Å²) in [5, 5.41) is 4.44. The van der Waals surface area contributed by atoms with Crippen LogP contribution in [0.25, 0.3) is 0 Å². The zero-order valence-corrected chi connectivity index (χ0v) is 16.8. The lowest BCUT2D eigenvalue weighted by molar-refractivity contribution is -0.123. The Hall–Kier alpha value is -3.19. The molecule has 4 rings (SSSR count). The third-order valence-electron chi connectivity index (χ3n) is 5.32. The van der Waals surface area contributed by atoms with Crippen LogP contribution in [0.5, 0.6) is 5.75 Å². The van der Waals surface area contributed by atoms with Gasteiger partial charge in [-0.25, -0.2) is 4.68 Å². The minimum Gasteiger partial charge on any atom is -0.496 e. The Labute approximate surface area is 169 Å². The number of aryl methyl sites for hydroxylation is 1. The number of aromatic nitrogens is 3. The monoisotopic (exact) mass is 392 g/mol. The Balaban J connectivity index is 1.85. The average molecular weight is 392 g/mol. The largest absolute Gasteiger partial charge is 0.496 e. The second kappa shape index (κ2) is 8.05. The number of hydrogen-bond donors (Lipinski definition) is 0. The van der Waals surface area contributed by atoms with Crippen LogP contribution in [0, 0.1) is 6.92 Å². The molecule has 1 aromatic heterocycles. The van der Waals surface area contributed by atoms with Gasteiger partial charge < -0.3 is 9.47 Å². The average Bonchev–Trinajstić information content (AvgIpc) is 3.23. The highest BCUT2D eigenvalue weighted by molar-refractivity contribution is 5.93. The standard InChI is InChI=1S/C22H24N4O3/c1-15-8-10-16(11-9-15)18-12-19(17-6-4-5-7-20(17)29-3)26-22(23-14-24-26)25(18)21(27)13-28-2/h4-11,14,18-19H,12-13H2,1-3H3/t18-,19-/m0/s1. The van der Waals surface area contributed by atoms with Gasteiger partial charge >= 0.3 is 0 Å². The molecule has 0 bridgehead atoms. The van der Waals surface area contributed by atoms with Crippen LogP contribution in [0.1, 0.15) is 35.2 Å². The summed E-state index contributed by atoms with van der Waals surface area (Å²) in [4.78, 5) is 19.1. The Morgan fingerprint density at radius 3 is 2.59 bits per heavy atom. The van der Waals surface area contributed by atoms with Crippen LogP contribution in [0.3, 0.4) is 0 Å². The maximum atomic E-state index is 13.0. The number of hydrogen-bond acceptors (Lipinski definition) is 5. The van der Waals surface area contributed by atoms with Crippen molar-refractivity contribution in [3.05, 3.63) is 71.5 Å². The highest BCUT2D eigenvalue weighted by atomic mass is 16.5. The van der Waals surface area contributed by atoms with Gasteiger partial charge in [0.1, 0.15) is 18.7 Å². The van der Waals surface area contributed by atoms with Crippen molar-refractivity contribution in [2.24, 2.45) is 0 Å². The van der Waals surface area contributed by atoms with Crippen molar-refractivity contribution in [2.75, 3.05) is 25.7 Å². The number of para-hydroxylation sites is 1. The summed E-state index contributed by atoms with van der Waals surface area (Å²) >= 11 is 0. The summed E-state index contributed by atoms with van der Waals surface area (Å²) in [6.07, 6.45) is 2.14. The number of anilines is 1. The zero-order chi connectivity index (χ0) is 20.4. The topological polar surface area (TPSA) is 69.5 Å². The van der Waals surface area contributed by atoms with E-state index in [1.165, 1.54) is 19.0 Å². The molecule has 0 saturated carbocycles. The molecule has 29 heavy (non-hydrogen) atoms. The van der Waals surface area contributed by atoms with E-state index in [1.807, 2.05) is 31.2 Å². The number of ether oxygens (including phenoxy) is 2. The number of carbonyl (C=O) groups is 1. The molecular formula is C22H24N4O3. The van der Waals surface area contributed by atoms with E-state index in [4.69, 9.17) is 9.47 Å². The normalized spacial score (nSPS) is 18.4. The molecule has 0 radical (unpaired) electrons. The van der Waals surface area contributed by atoms with Gasteiger partial charge in [0.2, 0.25) is 5.95 Å². The van der Waals surface area contributed by atoms with Crippen LogP contribution in [0.15, 0.2) is 54.9 Å². The second-order valence-electron chi connectivity index (χ2n) is 7.12. The lowest BCUT2D eigenvalue weighted by Crippen LogP contribution is -2.44. The van der Waals surface area contributed by atoms with Crippen LogP contribution in [-0.4, -0.2) is 41.5 Å². The molecule has 3 aromatic rings. The molecule has 0 fully saturated rings. The third-order valence-corrected chi connectivity index (χ3v) is 5.32. The second-order valence-corrected chi connectivity index (χ2v) is 7.12. The maximum absolute atomic E-state index is 13.0. The van der Waals surface area contributed by atoms with Gasteiger partial charge in [-0.05, 0) is 25.0 Å². The fraction of sp³-hybridized carbons (Fsp3) is 0.318. The maximum Gasteiger partial charge on any atom is 0.255 e. The molecule has 0 N–H and O–H groups in total. The molecule has 2 heterocycles. The van der Waals surface area contributed by atoms with Gasteiger partial charge in [0.05, 0.1) is 19.2 Å². The molecule has 0 aliphatic carbocycles. The van der Waals surface area contributed by atoms with E-state index >= 15 is 0 Å². The van der Waals surface area contributed by atoms with Gasteiger partial charge in [0, 0.05) is 12.7 Å². The molecule has 0 saturated heterocycles. The molecule has 7 nitrogen and oxygen atoms in total. The minimum atomic E-state index is -0.190. The molecule has 1 amide bonds. The van der Waals surface area contributed by atoms with Crippen molar-refractivity contribution in [3.63, 3.8) is 0 Å². The number of fused-ring (bicyclic) bond motifs is 1. The van der Waals surface area contributed by atoms with Gasteiger partial charge in [-0.2, -0.15) is 10.1 Å². The lowest BCUT2D eigenvalue weighted by Gasteiger charge is -2.39. The van der Waals surface area contributed by atoms with Gasteiger partial charge in [0.15, 0.2) is 0 Å². The quantitative estimate of drug-likeness (QED) is 0.666. The van der Waals surface area contributed by atoms with Crippen molar-refractivity contribution in [2.45, 2.75) is 25.4 Å². The number of amides is 1. The summed E-state index contributed by atoms with van der Waals surface area (Å²) in [6.45, 7) is 2.03. The van der Waals surface area contributed by atoms with Crippen molar-refractivity contribution in [1.82, 2.24) is 14.8 Å². The number of methoxy groups -OCH3 is 2. The van der Waals surface area contributed by atoms with E-state index in [2.05, 4.69) is 34.3 Å². The van der Waals surface area contributed by atoms with E-state index in [9.17, 15) is 4.79 Å². The van der Waals surface area contributed by atoms with Crippen LogP contribution < -0.4 is 9.64 Å². The number of carbonyl (C=O) groups excluding carboxylic acids is 1. The molecule has 0 spiro atoms. The van der Waals surface area contributed by atoms with E-state index in [-0.39, 0.29) is 24.6 Å².